The zero-order chi connectivity index (χ0) is 11.6. The summed E-state index contributed by atoms with van der Waals surface area (Å²) in [6.45, 7) is 6.66. The molecule has 0 radical (unpaired) electrons. The molecular formula is C12H24N4. The zero-order valence-corrected chi connectivity index (χ0v) is 10.5. The predicted molar refractivity (Wildman–Crippen MR) is 66.2 cm³/mol. The topological polar surface area (TPSA) is 42.7 Å². The van der Waals surface area contributed by atoms with Gasteiger partial charge < -0.3 is 9.88 Å². The highest BCUT2D eigenvalue weighted by Gasteiger charge is 1.99. The standard InChI is InChI=1S/C12H24N4/c1-3-4-7-12(2)13-8-5-6-9-16-10-14-15-11-16/h10-13H,3-9H2,1-2H3. The Hall–Kier alpha value is -0.900. The van der Waals surface area contributed by atoms with E-state index < -0.39 is 0 Å². The van der Waals surface area contributed by atoms with Crippen LogP contribution in [-0.4, -0.2) is 27.4 Å². The molecule has 1 N–H and O–H groups in total. The first-order valence-corrected chi connectivity index (χ1v) is 6.38. The Morgan fingerprint density at radius 2 is 1.94 bits per heavy atom. The van der Waals surface area contributed by atoms with Crippen LogP contribution in [0.25, 0.3) is 0 Å². The molecule has 4 nitrogen and oxygen atoms in total. The summed E-state index contributed by atoms with van der Waals surface area (Å²) in [6, 6.07) is 0.662. The molecule has 0 aliphatic heterocycles. The van der Waals surface area contributed by atoms with Crippen molar-refractivity contribution in [3.8, 4) is 0 Å². The molecule has 1 aromatic heterocycles. The maximum absolute atomic E-state index is 3.78. The first kappa shape index (κ1) is 13.2. The van der Waals surface area contributed by atoms with Gasteiger partial charge in [0.15, 0.2) is 0 Å². The maximum atomic E-state index is 3.78. The van der Waals surface area contributed by atoms with Gasteiger partial charge in [0, 0.05) is 12.6 Å². The van der Waals surface area contributed by atoms with Crippen LogP contribution in [0.2, 0.25) is 0 Å². The van der Waals surface area contributed by atoms with Gasteiger partial charge in [-0.15, -0.1) is 10.2 Å². The molecule has 1 unspecified atom stereocenters. The molecule has 1 aromatic rings. The smallest absolute Gasteiger partial charge is 0.119 e. The highest BCUT2D eigenvalue weighted by Crippen LogP contribution is 2.00. The van der Waals surface area contributed by atoms with E-state index in [4.69, 9.17) is 0 Å². The van der Waals surface area contributed by atoms with E-state index in [9.17, 15) is 0 Å². The Labute approximate surface area is 98.5 Å². The molecule has 0 saturated carbocycles. The van der Waals surface area contributed by atoms with E-state index in [1.807, 2.05) is 4.57 Å². The van der Waals surface area contributed by atoms with Crippen molar-refractivity contribution in [3.63, 3.8) is 0 Å². The number of unbranched alkanes of at least 4 members (excludes halogenated alkanes) is 2. The molecule has 0 saturated heterocycles. The predicted octanol–water partition coefficient (Wildman–Crippen LogP) is 2.23. The van der Waals surface area contributed by atoms with Crippen molar-refractivity contribution in [2.24, 2.45) is 0 Å². The Bertz CT molecular complexity index is 246. The maximum Gasteiger partial charge on any atom is 0.119 e. The van der Waals surface area contributed by atoms with Crippen molar-refractivity contribution in [2.75, 3.05) is 6.54 Å². The molecular weight excluding hydrogens is 200 g/mol. The minimum Gasteiger partial charge on any atom is -0.320 e. The van der Waals surface area contributed by atoms with Crippen LogP contribution in [0.1, 0.15) is 46.0 Å². The highest BCUT2D eigenvalue weighted by atomic mass is 15.2. The van der Waals surface area contributed by atoms with Gasteiger partial charge in [0.05, 0.1) is 0 Å². The summed E-state index contributed by atoms with van der Waals surface area (Å²) in [7, 11) is 0. The Morgan fingerprint density at radius 1 is 1.19 bits per heavy atom. The van der Waals surface area contributed by atoms with E-state index in [0.717, 1.165) is 13.1 Å². The summed E-state index contributed by atoms with van der Waals surface area (Å²) < 4.78 is 2.03. The van der Waals surface area contributed by atoms with E-state index in [1.165, 1.54) is 32.1 Å². The quantitative estimate of drug-likeness (QED) is 0.654. The fourth-order valence-corrected chi connectivity index (χ4v) is 1.72. The van der Waals surface area contributed by atoms with Crippen molar-refractivity contribution in [1.82, 2.24) is 20.1 Å². The fourth-order valence-electron chi connectivity index (χ4n) is 1.72. The van der Waals surface area contributed by atoms with E-state index in [1.54, 1.807) is 12.7 Å². The van der Waals surface area contributed by atoms with Crippen LogP contribution >= 0.6 is 0 Å². The molecule has 16 heavy (non-hydrogen) atoms. The van der Waals surface area contributed by atoms with Crippen LogP contribution in [0.3, 0.4) is 0 Å². The first-order valence-electron chi connectivity index (χ1n) is 6.38. The lowest BCUT2D eigenvalue weighted by atomic mass is 10.1. The first-order chi connectivity index (χ1) is 7.83. The fraction of sp³-hybridized carbons (Fsp3) is 0.833. The molecule has 92 valence electrons. The second-order valence-electron chi connectivity index (χ2n) is 4.40. The summed E-state index contributed by atoms with van der Waals surface area (Å²) in [4.78, 5) is 0. The number of aromatic nitrogens is 3. The normalized spacial score (nSPS) is 12.9. The van der Waals surface area contributed by atoms with Crippen molar-refractivity contribution in [3.05, 3.63) is 12.7 Å². The lowest BCUT2D eigenvalue weighted by molar-refractivity contribution is 0.475. The SMILES string of the molecule is CCCCC(C)NCCCCn1cnnc1. The summed E-state index contributed by atoms with van der Waals surface area (Å²) in [5.41, 5.74) is 0. The lowest BCUT2D eigenvalue weighted by Gasteiger charge is -2.12. The minimum atomic E-state index is 0.662. The molecule has 1 heterocycles. The van der Waals surface area contributed by atoms with Crippen molar-refractivity contribution in [2.45, 2.75) is 58.5 Å². The minimum absolute atomic E-state index is 0.662. The largest absolute Gasteiger partial charge is 0.320 e. The number of nitrogens with one attached hydrogen (secondary N) is 1. The summed E-state index contributed by atoms with van der Waals surface area (Å²) >= 11 is 0. The van der Waals surface area contributed by atoms with Gasteiger partial charge in [-0.2, -0.15) is 0 Å². The van der Waals surface area contributed by atoms with Gasteiger partial charge in [-0.1, -0.05) is 19.8 Å². The number of hydrogen-bond acceptors (Lipinski definition) is 3. The van der Waals surface area contributed by atoms with Gasteiger partial charge >= 0.3 is 0 Å². The van der Waals surface area contributed by atoms with Gasteiger partial charge in [0.25, 0.3) is 0 Å². The van der Waals surface area contributed by atoms with Gasteiger partial charge in [-0.05, 0) is 32.7 Å². The van der Waals surface area contributed by atoms with Crippen LogP contribution in [0.15, 0.2) is 12.7 Å². The molecule has 0 aliphatic rings. The van der Waals surface area contributed by atoms with Crippen molar-refractivity contribution in [1.29, 1.82) is 0 Å². The van der Waals surface area contributed by atoms with E-state index in [-0.39, 0.29) is 0 Å². The Morgan fingerprint density at radius 3 is 2.62 bits per heavy atom. The monoisotopic (exact) mass is 224 g/mol. The number of hydrogen-bond donors (Lipinski definition) is 1. The Kier molecular flexibility index (Phi) is 6.81. The molecule has 1 rings (SSSR count). The highest BCUT2D eigenvalue weighted by molar-refractivity contribution is 4.62. The van der Waals surface area contributed by atoms with E-state index >= 15 is 0 Å². The van der Waals surface area contributed by atoms with Gasteiger partial charge in [0.2, 0.25) is 0 Å². The average Bonchev–Trinajstić information content (AvgIpc) is 2.79. The second kappa shape index (κ2) is 8.28. The molecule has 0 aromatic carbocycles. The van der Waals surface area contributed by atoms with Crippen LogP contribution in [0.5, 0.6) is 0 Å². The van der Waals surface area contributed by atoms with Gasteiger partial charge in [-0.25, -0.2) is 0 Å². The van der Waals surface area contributed by atoms with E-state index in [2.05, 4.69) is 29.4 Å². The molecule has 1 atom stereocenters. The molecule has 0 bridgehead atoms. The molecule has 4 heteroatoms. The molecule has 0 amide bonds. The third-order valence-electron chi connectivity index (χ3n) is 2.79. The second-order valence-corrected chi connectivity index (χ2v) is 4.40. The van der Waals surface area contributed by atoms with Gasteiger partial charge in [-0.3, -0.25) is 0 Å². The zero-order valence-electron chi connectivity index (χ0n) is 10.5. The summed E-state index contributed by atoms with van der Waals surface area (Å²) in [5.74, 6) is 0. The number of aryl methyl sites for hydroxylation is 1. The third kappa shape index (κ3) is 5.85. The number of rotatable bonds is 9. The van der Waals surface area contributed by atoms with Crippen molar-refractivity contribution >= 4 is 0 Å². The van der Waals surface area contributed by atoms with Gasteiger partial charge in [0.1, 0.15) is 12.7 Å². The summed E-state index contributed by atoms with van der Waals surface area (Å²) in [5, 5.41) is 11.1. The van der Waals surface area contributed by atoms with Crippen LogP contribution in [-0.2, 0) is 6.54 Å². The van der Waals surface area contributed by atoms with Crippen LogP contribution < -0.4 is 5.32 Å². The van der Waals surface area contributed by atoms with Crippen LogP contribution in [0, 0.1) is 0 Å². The van der Waals surface area contributed by atoms with E-state index in [0.29, 0.717) is 6.04 Å². The number of nitrogens with zero attached hydrogens (tertiary/aromatic N) is 3. The average molecular weight is 224 g/mol. The third-order valence-corrected chi connectivity index (χ3v) is 2.79. The summed E-state index contributed by atoms with van der Waals surface area (Å²) in [6.07, 6.45) is 9.87. The molecule has 0 spiro atoms. The van der Waals surface area contributed by atoms with Crippen LogP contribution in [0.4, 0.5) is 0 Å². The lowest BCUT2D eigenvalue weighted by Crippen LogP contribution is -2.26. The Balaban J connectivity index is 1.91. The van der Waals surface area contributed by atoms with Crippen molar-refractivity contribution < 1.29 is 0 Å². The molecule has 0 aliphatic carbocycles. The molecule has 0 fully saturated rings.